The van der Waals surface area contributed by atoms with E-state index in [0.717, 1.165) is 25.9 Å². The molecule has 1 atom stereocenters. The highest BCUT2D eigenvalue weighted by molar-refractivity contribution is 7.92. The van der Waals surface area contributed by atoms with E-state index in [2.05, 4.69) is 0 Å². The molecule has 0 saturated heterocycles. The molecule has 0 spiro atoms. The predicted molar refractivity (Wildman–Crippen MR) is 151 cm³/mol. The number of non-ortho nitro benzene ring substituents is 1. The zero-order chi connectivity index (χ0) is 27.8. The highest BCUT2D eigenvalue weighted by Crippen LogP contribution is 2.27. The third kappa shape index (κ3) is 8.12. The van der Waals surface area contributed by atoms with Gasteiger partial charge in [-0.2, -0.15) is 0 Å². The summed E-state index contributed by atoms with van der Waals surface area (Å²) in [6, 6.07) is 31.7. The number of sulfonamides is 1. The molecule has 4 rings (SSSR count). The van der Waals surface area contributed by atoms with Crippen LogP contribution in [0, 0.1) is 17.0 Å². The number of anilines is 1. The third-order valence-corrected chi connectivity index (χ3v) is 8.24. The maximum atomic E-state index is 13.8. The molecule has 0 bridgehead atoms. The number of hydrogen-bond donors (Lipinski definition) is 2. The van der Waals surface area contributed by atoms with E-state index in [-0.39, 0.29) is 41.8 Å². The van der Waals surface area contributed by atoms with Crippen molar-refractivity contribution < 1.29 is 35.8 Å². The first kappa shape index (κ1) is 30.8. The van der Waals surface area contributed by atoms with Crippen molar-refractivity contribution in [1.82, 2.24) is 0 Å². The Morgan fingerprint density at radius 3 is 1.93 bits per heavy atom. The first-order valence-electron chi connectivity index (χ1n) is 12.7. The lowest BCUT2D eigenvalue weighted by Gasteiger charge is -2.29. The standard InChI is InChI=1S/C30H31N3O5S.ClH/c1-24-15-17-30(18-16-24)39(37,38)32(27-13-8-14-28(19-27)33(35)36)23-29(34)22-31(20-25-9-4-2-5-10-25)21-26-11-6-3-7-12-26;/h2-19,29,34H,20-23H2,1H3;1H. The second kappa shape index (κ2) is 14.0. The molecule has 0 radical (unpaired) electrons. The van der Waals surface area contributed by atoms with Crippen molar-refractivity contribution in [2.24, 2.45) is 0 Å². The lowest BCUT2D eigenvalue weighted by molar-refractivity contribution is -0.930. The number of benzene rings is 4. The number of nitrogens with one attached hydrogen (secondary N) is 1. The molecule has 0 aromatic heterocycles. The summed E-state index contributed by atoms with van der Waals surface area (Å²) in [4.78, 5) is 12.0. The normalized spacial score (nSPS) is 12.0. The topological polar surface area (TPSA) is 105 Å². The van der Waals surface area contributed by atoms with Crippen LogP contribution < -0.4 is 21.6 Å². The zero-order valence-corrected chi connectivity index (χ0v) is 23.6. The number of aryl methyl sites for hydroxylation is 1. The lowest BCUT2D eigenvalue weighted by Crippen LogP contribution is -3.10. The van der Waals surface area contributed by atoms with Crippen LogP contribution >= 0.6 is 0 Å². The molecule has 10 heteroatoms. The van der Waals surface area contributed by atoms with Gasteiger partial charge in [-0.25, -0.2) is 8.42 Å². The van der Waals surface area contributed by atoms with Gasteiger partial charge in [-0.3, -0.25) is 14.4 Å². The SMILES string of the molecule is Cc1ccc(S(=O)(=O)N(CC(O)C[NH+](Cc2ccccc2)Cc2ccccc2)c2cccc([N+](=O)[O-])c2)cc1.[Cl-]. The van der Waals surface area contributed by atoms with Crippen molar-refractivity contribution in [2.45, 2.75) is 31.0 Å². The number of nitro benzene ring substituents is 1. The Hall–Kier alpha value is -3.76. The molecule has 210 valence electrons. The van der Waals surface area contributed by atoms with Gasteiger partial charge >= 0.3 is 0 Å². The average Bonchev–Trinajstić information content (AvgIpc) is 2.93. The maximum absolute atomic E-state index is 13.8. The van der Waals surface area contributed by atoms with Crippen LogP contribution in [-0.4, -0.2) is 37.6 Å². The Bertz CT molecular complexity index is 1450. The Morgan fingerprint density at radius 2 is 1.40 bits per heavy atom. The van der Waals surface area contributed by atoms with E-state index in [1.54, 1.807) is 12.1 Å². The van der Waals surface area contributed by atoms with Crippen LogP contribution in [0.15, 0.2) is 114 Å². The van der Waals surface area contributed by atoms with Gasteiger partial charge in [-0.05, 0) is 25.1 Å². The summed E-state index contributed by atoms with van der Waals surface area (Å²) < 4.78 is 28.6. The van der Waals surface area contributed by atoms with E-state index in [1.165, 1.54) is 36.4 Å². The minimum absolute atomic E-state index is 0. The number of nitro groups is 1. The molecule has 0 amide bonds. The number of nitrogens with zero attached hydrogens (tertiary/aromatic N) is 2. The lowest BCUT2D eigenvalue weighted by atomic mass is 10.1. The maximum Gasteiger partial charge on any atom is 0.271 e. The van der Waals surface area contributed by atoms with Gasteiger partial charge in [0.15, 0.2) is 0 Å². The molecule has 4 aromatic carbocycles. The second-order valence-corrected chi connectivity index (χ2v) is 11.4. The molecule has 0 aliphatic carbocycles. The number of quaternary nitrogens is 1. The van der Waals surface area contributed by atoms with Crippen molar-refractivity contribution in [3.8, 4) is 0 Å². The number of halogens is 1. The third-order valence-electron chi connectivity index (χ3n) is 6.43. The Kier molecular flexibility index (Phi) is 10.8. The van der Waals surface area contributed by atoms with Crippen molar-refractivity contribution in [1.29, 1.82) is 0 Å². The minimum Gasteiger partial charge on any atom is -1.00 e. The molecule has 40 heavy (non-hydrogen) atoms. The zero-order valence-electron chi connectivity index (χ0n) is 22.1. The number of aliphatic hydroxyl groups is 1. The summed E-state index contributed by atoms with van der Waals surface area (Å²) in [5, 5.41) is 22.7. The van der Waals surface area contributed by atoms with Crippen LogP contribution in [0.1, 0.15) is 16.7 Å². The van der Waals surface area contributed by atoms with Gasteiger partial charge in [0.25, 0.3) is 15.7 Å². The van der Waals surface area contributed by atoms with Gasteiger partial charge in [-0.15, -0.1) is 0 Å². The van der Waals surface area contributed by atoms with Crippen molar-refractivity contribution >= 4 is 21.4 Å². The molecule has 4 aromatic rings. The molecule has 0 fully saturated rings. The number of hydrogen-bond acceptors (Lipinski definition) is 5. The van der Waals surface area contributed by atoms with Crippen LogP contribution in [0.2, 0.25) is 0 Å². The summed E-state index contributed by atoms with van der Waals surface area (Å²) in [6.07, 6.45) is -1.05. The van der Waals surface area contributed by atoms with Gasteiger partial charge in [0.05, 0.1) is 22.1 Å². The number of aliphatic hydroxyl groups excluding tert-OH is 1. The molecule has 0 heterocycles. The summed E-state index contributed by atoms with van der Waals surface area (Å²) in [7, 11) is -4.12. The fourth-order valence-corrected chi connectivity index (χ4v) is 6.00. The highest BCUT2D eigenvalue weighted by atomic mass is 35.5. The number of rotatable bonds is 12. The Morgan fingerprint density at radius 1 is 0.850 bits per heavy atom. The minimum atomic E-state index is -4.12. The molecule has 0 aliphatic rings. The fraction of sp³-hybridized carbons (Fsp3) is 0.200. The first-order valence-corrected chi connectivity index (χ1v) is 14.1. The van der Waals surface area contributed by atoms with Gasteiger partial charge in [0, 0.05) is 23.3 Å². The Balaban J connectivity index is 0.00000441. The van der Waals surface area contributed by atoms with Crippen LogP contribution in [0.4, 0.5) is 11.4 Å². The van der Waals surface area contributed by atoms with E-state index >= 15 is 0 Å². The summed E-state index contributed by atoms with van der Waals surface area (Å²) in [5.41, 5.74) is 2.98. The van der Waals surface area contributed by atoms with Crippen LogP contribution in [-0.2, 0) is 23.1 Å². The smallest absolute Gasteiger partial charge is 0.271 e. The fourth-order valence-electron chi connectivity index (χ4n) is 4.51. The monoisotopic (exact) mass is 581 g/mol. The predicted octanol–water partition coefficient (Wildman–Crippen LogP) is 0.749. The van der Waals surface area contributed by atoms with Crippen molar-refractivity contribution in [3.63, 3.8) is 0 Å². The molecule has 0 saturated carbocycles. The molecule has 8 nitrogen and oxygen atoms in total. The summed E-state index contributed by atoms with van der Waals surface area (Å²) in [5.74, 6) is 0. The van der Waals surface area contributed by atoms with Crippen molar-refractivity contribution in [2.75, 3.05) is 17.4 Å². The van der Waals surface area contributed by atoms with Crippen LogP contribution in [0.25, 0.3) is 0 Å². The van der Waals surface area contributed by atoms with Crippen LogP contribution in [0.5, 0.6) is 0 Å². The van der Waals surface area contributed by atoms with Gasteiger partial charge in [-0.1, -0.05) is 84.4 Å². The van der Waals surface area contributed by atoms with E-state index in [4.69, 9.17) is 0 Å². The molecular weight excluding hydrogens is 550 g/mol. The van der Waals surface area contributed by atoms with Gasteiger partial charge in [0.2, 0.25) is 0 Å². The molecule has 0 aliphatic heterocycles. The summed E-state index contributed by atoms with van der Waals surface area (Å²) in [6.45, 7) is 3.13. The van der Waals surface area contributed by atoms with Crippen molar-refractivity contribution in [3.05, 3.63) is 136 Å². The van der Waals surface area contributed by atoms with E-state index in [1.807, 2.05) is 67.6 Å². The first-order chi connectivity index (χ1) is 18.7. The quantitative estimate of drug-likeness (QED) is 0.190. The summed E-state index contributed by atoms with van der Waals surface area (Å²) >= 11 is 0. The molecule has 1 unspecified atom stereocenters. The van der Waals surface area contributed by atoms with Gasteiger partial charge < -0.3 is 22.4 Å². The second-order valence-electron chi connectivity index (χ2n) is 9.56. The van der Waals surface area contributed by atoms with Gasteiger partial charge in [0.1, 0.15) is 25.7 Å². The van der Waals surface area contributed by atoms with E-state index in [9.17, 15) is 23.6 Å². The average molecular weight is 582 g/mol. The van der Waals surface area contributed by atoms with Crippen LogP contribution in [0.3, 0.4) is 0 Å². The van der Waals surface area contributed by atoms with E-state index in [0.29, 0.717) is 13.1 Å². The van der Waals surface area contributed by atoms with E-state index < -0.39 is 21.1 Å². The highest BCUT2D eigenvalue weighted by Gasteiger charge is 2.30. The molecular formula is C30H32ClN3O5S. The molecule has 2 N–H and O–H groups in total. The Labute approximate surface area is 241 Å². The largest absolute Gasteiger partial charge is 1.00 e.